The lowest BCUT2D eigenvalue weighted by Crippen LogP contribution is -2.26. The molecule has 3 nitrogen and oxygen atoms in total. The van der Waals surface area contributed by atoms with Crippen LogP contribution in [-0.2, 0) is 4.79 Å². The molecule has 1 aromatic heterocycles. The van der Waals surface area contributed by atoms with Gasteiger partial charge in [-0.05, 0) is 42.7 Å². The summed E-state index contributed by atoms with van der Waals surface area (Å²) in [5.74, 6) is 0.369. The molecular weight excluding hydrogens is 299 g/mol. The Bertz CT molecular complexity index is 693. The van der Waals surface area contributed by atoms with Crippen LogP contribution in [0.3, 0.4) is 0 Å². The van der Waals surface area contributed by atoms with Crippen LogP contribution in [0.1, 0.15) is 19.0 Å². The summed E-state index contributed by atoms with van der Waals surface area (Å²) >= 11 is 1.48. The Hall–Kier alpha value is -2.01. The van der Waals surface area contributed by atoms with Crippen LogP contribution in [0.15, 0.2) is 35.7 Å². The summed E-state index contributed by atoms with van der Waals surface area (Å²) in [6, 6.07) is 6.26. The lowest BCUT2D eigenvalue weighted by atomic mass is 10.2. The summed E-state index contributed by atoms with van der Waals surface area (Å²) in [5, 5.41) is 2.72. The van der Waals surface area contributed by atoms with Crippen molar-refractivity contribution in [2.75, 3.05) is 13.1 Å². The monoisotopic (exact) mass is 316 g/mol. The lowest BCUT2D eigenvalue weighted by molar-refractivity contribution is -0.125. The molecule has 0 N–H and O–H groups in total. The van der Waals surface area contributed by atoms with Gasteiger partial charge < -0.3 is 4.90 Å². The van der Waals surface area contributed by atoms with Gasteiger partial charge in [0.1, 0.15) is 10.8 Å². The number of halogens is 1. The van der Waals surface area contributed by atoms with Gasteiger partial charge in [0, 0.05) is 30.1 Å². The van der Waals surface area contributed by atoms with Crippen LogP contribution in [0.4, 0.5) is 4.39 Å². The average molecular weight is 316 g/mol. The maximum absolute atomic E-state index is 12.9. The number of hydrogen-bond acceptors (Lipinski definition) is 3. The molecule has 1 saturated heterocycles. The SMILES string of the molecule is C[C@@H]1CCN(C(=O)/C=C\c2csc(-c3ccc(F)cc3)n2)C1. The summed E-state index contributed by atoms with van der Waals surface area (Å²) < 4.78 is 12.9. The van der Waals surface area contributed by atoms with E-state index >= 15 is 0 Å². The highest BCUT2D eigenvalue weighted by Gasteiger charge is 2.21. The molecule has 0 spiro atoms. The molecule has 1 aliphatic heterocycles. The van der Waals surface area contributed by atoms with Crippen molar-refractivity contribution < 1.29 is 9.18 Å². The molecule has 2 heterocycles. The molecule has 0 saturated carbocycles. The van der Waals surface area contributed by atoms with Crippen molar-refractivity contribution in [1.82, 2.24) is 9.88 Å². The Morgan fingerprint density at radius 1 is 1.41 bits per heavy atom. The van der Waals surface area contributed by atoms with E-state index in [1.807, 2.05) is 10.3 Å². The van der Waals surface area contributed by atoms with Crippen LogP contribution < -0.4 is 0 Å². The number of carbonyl (C=O) groups is 1. The standard InChI is InChI=1S/C17H17FN2OS/c1-12-8-9-20(10-12)16(21)7-6-15-11-22-17(19-15)13-2-4-14(18)5-3-13/h2-7,11-12H,8-10H2,1H3/b7-6-/t12-/m1/s1. The van der Waals surface area contributed by atoms with Crippen LogP contribution in [0.5, 0.6) is 0 Å². The van der Waals surface area contributed by atoms with E-state index in [2.05, 4.69) is 11.9 Å². The number of thiazole rings is 1. The number of aromatic nitrogens is 1. The zero-order chi connectivity index (χ0) is 15.5. The van der Waals surface area contributed by atoms with Crippen LogP contribution in [0.25, 0.3) is 16.6 Å². The number of rotatable bonds is 3. The first kappa shape index (κ1) is 14.9. The van der Waals surface area contributed by atoms with Gasteiger partial charge in [0.15, 0.2) is 0 Å². The minimum Gasteiger partial charge on any atom is -0.339 e. The molecule has 3 rings (SSSR count). The lowest BCUT2D eigenvalue weighted by Gasteiger charge is -2.12. The molecule has 0 unspecified atom stereocenters. The van der Waals surface area contributed by atoms with Gasteiger partial charge in [-0.3, -0.25) is 4.79 Å². The number of likely N-dealkylation sites (tertiary alicyclic amines) is 1. The van der Waals surface area contributed by atoms with E-state index in [-0.39, 0.29) is 11.7 Å². The van der Waals surface area contributed by atoms with Crippen molar-refractivity contribution in [2.45, 2.75) is 13.3 Å². The molecular formula is C17H17FN2OS. The Labute approximate surface area is 133 Å². The Kier molecular flexibility index (Phi) is 4.34. The molecule has 1 atom stereocenters. The molecule has 1 aromatic carbocycles. The number of hydrogen-bond donors (Lipinski definition) is 0. The normalized spacial score (nSPS) is 18.3. The highest BCUT2D eigenvalue weighted by atomic mass is 32.1. The smallest absolute Gasteiger partial charge is 0.246 e. The summed E-state index contributed by atoms with van der Waals surface area (Å²) in [5.41, 5.74) is 1.63. The average Bonchev–Trinajstić information content (AvgIpc) is 3.15. The van der Waals surface area contributed by atoms with E-state index in [0.29, 0.717) is 5.92 Å². The van der Waals surface area contributed by atoms with E-state index in [4.69, 9.17) is 0 Å². The number of nitrogens with zero attached hydrogens (tertiary/aromatic N) is 2. The van der Waals surface area contributed by atoms with Gasteiger partial charge in [-0.1, -0.05) is 6.92 Å². The van der Waals surface area contributed by atoms with Crippen molar-refractivity contribution in [3.63, 3.8) is 0 Å². The van der Waals surface area contributed by atoms with Gasteiger partial charge in [0.25, 0.3) is 0 Å². The maximum atomic E-state index is 12.9. The first-order valence-electron chi connectivity index (χ1n) is 7.30. The van der Waals surface area contributed by atoms with Gasteiger partial charge in [0.05, 0.1) is 5.69 Å². The van der Waals surface area contributed by atoms with Crippen molar-refractivity contribution >= 4 is 23.3 Å². The Morgan fingerprint density at radius 3 is 2.86 bits per heavy atom. The Balaban J connectivity index is 1.67. The third-order valence-corrected chi connectivity index (χ3v) is 4.65. The molecule has 0 aliphatic carbocycles. The molecule has 0 bridgehead atoms. The third kappa shape index (κ3) is 3.42. The van der Waals surface area contributed by atoms with Crippen LogP contribution >= 0.6 is 11.3 Å². The van der Waals surface area contributed by atoms with E-state index in [1.165, 1.54) is 23.5 Å². The summed E-state index contributed by atoms with van der Waals surface area (Å²) in [6.45, 7) is 3.83. The second kappa shape index (κ2) is 6.40. The summed E-state index contributed by atoms with van der Waals surface area (Å²) in [4.78, 5) is 18.4. The van der Waals surface area contributed by atoms with Gasteiger partial charge in [0.2, 0.25) is 5.91 Å². The van der Waals surface area contributed by atoms with Crippen LogP contribution in [0, 0.1) is 11.7 Å². The maximum Gasteiger partial charge on any atom is 0.246 e. The van der Waals surface area contributed by atoms with Gasteiger partial charge in [-0.25, -0.2) is 9.37 Å². The van der Waals surface area contributed by atoms with E-state index < -0.39 is 0 Å². The summed E-state index contributed by atoms with van der Waals surface area (Å²) in [7, 11) is 0. The molecule has 1 amide bonds. The zero-order valence-corrected chi connectivity index (χ0v) is 13.1. The van der Waals surface area contributed by atoms with E-state index in [9.17, 15) is 9.18 Å². The fourth-order valence-corrected chi connectivity index (χ4v) is 3.28. The highest BCUT2D eigenvalue weighted by Crippen LogP contribution is 2.24. The molecule has 22 heavy (non-hydrogen) atoms. The number of amides is 1. The van der Waals surface area contributed by atoms with E-state index in [0.717, 1.165) is 35.8 Å². The highest BCUT2D eigenvalue weighted by molar-refractivity contribution is 7.13. The molecule has 1 aliphatic rings. The largest absolute Gasteiger partial charge is 0.339 e. The Morgan fingerprint density at radius 2 is 2.18 bits per heavy atom. The molecule has 1 fully saturated rings. The fraction of sp³-hybridized carbons (Fsp3) is 0.294. The second-order valence-corrected chi connectivity index (χ2v) is 6.45. The predicted octanol–water partition coefficient (Wildman–Crippen LogP) is 3.83. The predicted molar refractivity (Wildman–Crippen MR) is 86.9 cm³/mol. The van der Waals surface area contributed by atoms with Crippen LogP contribution in [-0.4, -0.2) is 28.9 Å². The topological polar surface area (TPSA) is 33.2 Å². The number of carbonyl (C=O) groups excluding carboxylic acids is 1. The third-order valence-electron chi connectivity index (χ3n) is 3.75. The quantitative estimate of drug-likeness (QED) is 0.806. The van der Waals surface area contributed by atoms with Crippen molar-refractivity contribution in [3.05, 3.63) is 47.2 Å². The first-order valence-corrected chi connectivity index (χ1v) is 8.18. The van der Waals surface area contributed by atoms with Crippen LogP contribution in [0.2, 0.25) is 0 Å². The number of benzene rings is 1. The summed E-state index contributed by atoms with van der Waals surface area (Å²) in [6.07, 6.45) is 4.40. The van der Waals surface area contributed by atoms with Crippen molar-refractivity contribution in [3.8, 4) is 10.6 Å². The first-order chi connectivity index (χ1) is 10.6. The van der Waals surface area contributed by atoms with Gasteiger partial charge >= 0.3 is 0 Å². The molecule has 2 aromatic rings. The van der Waals surface area contributed by atoms with Crippen molar-refractivity contribution in [2.24, 2.45) is 5.92 Å². The second-order valence-electron chi connectivity index (χ2n) is 5.60. The zero-order valence-electron chi connectivity index (χ0n) is 12.3. The fourth-order valence-electron chi connectivity index (χ4n) is 2.49. The minimum absolute atomic E-state index is 0.0423. The molecule has 114 valence electrons. The van der Waals surface area contributed by atoms with Crippen molar-refractivity contribution in [1.29, 1.82) is 0 Å². The van der Waals surface area contributed by atoms with Gasteiger partial charge in [-0.15, -0.1) is 11.3 Å². The molecule has 0 radical (unpaired) electrons. The van der Waals surface area contributed by atoms with E-state index in [1.54, 1.807) is 24.3 Å². The molecule has 5 heteroatoms. The van der Waals surface area contributed by atoms with Gasteiger partial charge in [-0.2, -0.15) is 0 Å². The minimum atomic E-state index is -0.258.